The maximum Gasteiger partial charge on any atom is 0.257 e. The highest BCUT2D eigenvalue weighted by molar-refractivity contribution is 7.09. The highest BCUT2D eigenvalue weighted by Gasteiger charge is 2.37. The van der Waals surface area contributed by atoms with Gasteiger partial charge in [0.1, 0.15) is 6.17 Å². The maximum absolute atomic E-state index is 12.8. The van der Waals surface area contributed by atoms with Crippen molar-refractivity contribution in [2.24, 2.45) is 0 Å². The lowest BCUT2D eigenvalue weighted by Crippen LogP contribution is -2.55. The van der Waals surface area contributed by atoms with Crippen molar-refractivity contribution in [2.45, 2.75) is 32.0 Å². The van der Waals surface area contributed by atoms with Gasteiger partial charge in [-0.2, -0.15) is 0 Å². The first kappa shape index (κ1) is 16.1. The molecule has 6 heteroatoms. The minimum atomic E-state index is -0.108. The highest BCUT2D eigenvalue weighted by Crippen LogP contribution is 2.34. The Morgan fingerprint density at radius 3 is 3.00 bits per heavy atom. The fraction of sp³-hybridized carbons (Fsp3) is 0.368. The quantitative estimate of drug-likeness (QED) is 0.921. The first-order valence-electron chi connectivity index (χ1n) is 8.63. The second-order valence-corrected chi connectivity index (χ2v) is 7.61. The predicted octanol–water partition coefficient (Wildman–Crippen LogP) is 3.08. The number of rotatable bonds is 3. The van der Waals surface area contributed by atoms with Crippen LogP contribution in [-0.2, 0) is 6.54 Å². The summed E-state index contributed by atoms with van der Waals surface area (Å²) in [6.45, 7) is 1.34. The van der Waals surface area contributed by atoms with E-state index in [2.05, 4.69) is 10.2 Å². The molecule has 2 aliphatic heterocycles. The van der Waals surface area contributed by atoms with Crippen molar-refractivity contribution in [3.05, 3.63) is 51.7 Å². The highest BCUT2D eigenvalue weighted by atomic mass is 32.1. The number of amides is 2. The zero-order valence-electron chi connectivity index (χ0n) is 14.2. The number of piperidine rings is 1. The Kier molecular flexibility index (Phi) is 4.21. The average molecular weight is 355 g/mol. The van der Waals surface area contributed by atoms with Crippen LogP contribution in [0.15, 0.2) is 35.7 Å². The van der Waals surface area contributed by atoms with E-state index in [4.69, 9.17) is 0 Å². The first-order chi connectivity index (χ1) is 12.1. The van der Waals surface area contributed by atoms with Crippen LogP contribution < -0.4 is 10.2 Å². The summed E-state index contributed by atoms with van der Waals surface area (Å²) < 4.78 is 0. The molecule has 5 nitrogen and oxygen atoms in total. The fourth-order valence-corrected chi connectivity index (χ4v) is 4.34. The van der Waals surface area contributed by atoms with E-state index in [1.165, 1.54) is 0 Å². The molecule has 2 amide bonds. The maximum atomic E-state index is 12.8. The van der Waals surface area contributed by atoms with Gasteiger partial charge in [-0.1, -0.05) is 6.07 Å². The Morgan fingerprint density at radius 1 is 1.32 bits per heavy atom. The third-order valence-electron chi connectivity index (χ3n) is 5.05. The number of hydrogen-bond donors (Lipinski definition) is 1. The number of benzene rings is 1. The molecule has 1 atom stereocenters. The van der Waals surface area contributed by atoms with Gasteiger partial charge in [0, 0.05) is 24.0 Å². The van der Waals surface area contributed by atoms with Gasteiger partial charge >= 0.3 is 0 Å². The predicted molar refractivity (Wildman–Crippen MR) is 99.0 cm³/mol. The largest absolute Gasteiger partial charge is 0.354 e. The van der Waals surface area contributed by atoms with Crippen LogP contribution in [0, 0.1) is 0 Å². The van der Waals surface area contributed by atoms with Gasteiger partial charge in [-0.25, -0.2) is 0 Å². The van der Waals surface area contributed by atoms with Crippen LogP contribution in [0.3, 0.4) is 0 Å². The third kappa shape index (κ3) is 2.91. The van der Waals surface area contributed by atoms with Gasteiger partial charge in [0.2, 0.25) is 0 Å². The minimum Gasteiger partial charge on any atom is -0.354 e. The van der Waals surface area contributed by atoms with Gasteiger partial charge in [-0.05, 0) is 48.9 Å². The van der Waals surface area contributed by atoms with Crippen molar-refractivity contribution in [3.63, 3.8) is 0 Å². The van der Waals surface area contributed by atoms with Gasteiger partial charge in [0.15, 0.2) is 0 Å². The van der Waals surface area contributed by atoms with Gasteiger partial charge < -0.3 is 15.1 Å². The van der Waals surface area contributed by atoms with Crippen LogP contribution in [0.5, 0.6) is 0 Å². The lowest BCUT2D eigenvalue weighted by atomic mass is 9.97. The third-order valence-corrected chi connectivity index (χ3v) is 5.93. The van der Waals surface area contributed by atoms with Crippen LogP contribution in [0.2, 0.25) is 0 Å². The van der Waals surface area contributed by atoms with Crippen molar-refractivity contribution < 1.29 is 9.59 Å². The molecule has 2 aromatic rings. The summed E-state index contributed by atoms with van der Waals surface area (Å²) in [5.41, 5.74) is 2.14. The number of fused-ring (bicyclic) bond motifs is 2. The Labute approximate surface area is 151 Å². The second kappa shape index (κ2) is 6.52. The summed E-state index contributed by atoms with van der Waals surface area (Å²) in [6, 6.07) is 9.37. The molecule has 1 unspecified atom stereocenters. The van der Waals surface area contributed by atoms with E-state index in [0.717, 1.165) is 36.4 Å². The Balaban J connectivity index is 1.58. The number of thiophene rings is 1. The number of carbonyl (C=O) groups excluding carboxylic acids is 2. The standard InChI is InChI=1S/C19H21N3O2S/c1-21-16-11-13(18(23)20-12-14-5-4-10-25-14)7-8-15(16)19(24)22-9-3-2-6-17(21)22/h4-5,7-8,10-11,17H,2-3,6,9,12H2,1H3,(H,20,23). The van der Waals surface area contributed by atoms with E-state index in [-0.39, 0.29) is 18.0 Å². The number of nitrogens with one attached hydrogen (secondary N) is 1. The zero-order valence-corrected chi connectivity index (χ0v) is 15.0. The fourth-order valence-electron chi connectivity index (χ4n) is 3.70. The number of hydrogen-bond acceptors (Lipinski definition) is 4. The smallest absolute Gasteiger partial charge is 0.257 e. The molecular formula is C19H21N3O2S. The normalized spacial score (nSPS) is 19.4. The molecule has 0 radical (unpaired) electrons. The minimum absolute atomic E-state index is 0.0864. The van der Waals surface area contributed by atoms with Crippen LogP contribution in [-0.4, -0.2) is 36.5 Å². The molecule has 25 heavy (non-hydrogen) atoms. The van der Waals surface area contributed by atoms with Gasteiger partial charge in [0.05, 0.1) is 17.8 Å². The summed E-state index contributed by atoms with van der Waals surface area (Å²) in [4.78, 5) is 30.5. The first-order valence-corrected chi connectivity index (χ1v) is 9.51. The summed E-state index contributed by atoms with van der Waals surface area (Å²) in [7, 11) is 2.02. The molecule has 4 rings (SSSR count). The van der Waals surface area contributed by atoms with Crippen LogP contribution in [0.4, 0.5) is 5.69 Å². The van der Waals surface area contributed by atoms with Crippen molar-refractivity contribution in [1.82, 2.24) is 10.2 Å². The molecule has 1 aromatic heterocycles. The van der Waals surface area contributed by atoms with Crippen molar-refractivity contribution in [2.75, 3.05) is 18.5 Å². The molecule has 0 aliphatic carbocycles. The van der Waals surface area contributed by atoms with E-state index in [1.54, 1.807) is 23.5 Å². The average Bonchev–Trinajstić information content (AvgIpc) is 3.17. The topological polar surface area (TPSA) is 52.7 Å². The summed E-state index contributed by atoms with van der Waals surface area (Å²) >= 11 is 1.62. The Hall–Kier alpha value is -2.34. The van der Waals surface area contributed by atoms with E-state index in [9.17, 15) is 9.59 Å². The molecule has 3 heterocycles. The van der Waals surface area contributed by atoms with Crippen molar-refractivity contribution in [1.29, 1.82) is 0 Å². The number of nitrogens with zero attached hydrogens (tertiary/aromatic N) is 2. The molecule has 0 bridgehead atoms. The Morgan fingerprint density at radius 2 is 2.20 bits per heavy atom. The molecule has 1 N–H and O–H groups in total. The van der Waals surface area contributed by atoms with Crippen LogP contribution in [0.25, 0.3) is 0 Å². The summed E-state index contributed by atoms with van der Waals surface area (Å²) in [6.07, 6.45) is 3.29. The van der Waals surface area contributed by atoms with Crippen LogP contribution >= 0.6 is 11.3 Å². The van der Waals surface area contributed by atoms with E-state index < -0.39 is 0 Å². The van der Waals surface area contributed by atoms with Crippen molar-refractivity contribution >= 4 is 28.8 Å². The van der Waals surface area contributed by atoms with Crippen molar-refractivity contribution in [3.8, 4) is 0 Å². The van der Waals surface area contributed by atoms with E-state index in [1.807, 2.05) is 35.5 Å². The molecule has 2 aliphatic rings. The van der Waals surface area contributed by atoms with Crippen LogP contribution in [0.1, 0.15) is 44.9 Å². The monoisotopic (exact) mass is 355 g/mol. The second-order valence-electron chi connectivity index (χ2n) is 6.58. The molecule has 1 aromatic carbocycles. The Bertz CT molecular complexity index is 803. The molecular weight excluding hydrogens is 334 g/mol. The number of anilines is 1. The van der Waals surface area contributed by atoms with Gasteiger partial charge in [-0.15, -0.1) is 11.3 Å². The van der Waals surface area contributed by atoms with Gasteiger partial charge in [0.25, 0.3) is 11.8 Å². The summed E-state index contributed by atoms with van der Waals surface area (Å²) in [5.74, 6) is -0.0218. The van der Waals surface area contributed by atoms with E-state index >= 15 is 0 Å². The number of carbonyl (C=O) groups is 2. The molecule has 0 spiro atoms. The zero-order chi connectivity index (χ0) is 17.4. The van der Waals surface area contributed by atoms with E-state index in [0.29, 0.717) is 17.7 Å². The molecule has 130 valence electrons. The summed E-state index contributed by atoms with van der Waals surface area (Å²) in [5, 5.41) is 4.95. The lowest BCUT2D eigenvalue weighted by Gasteiger charge is -2.46. The lowest BCUT2D eigenvalue weighted by molar-refractivity contribution is 0.0589. The molecule has 0 saturated carbocycles. The molecule has 1 saturated heterocycles. The molecule has 1 fully saturated rings. The SMILES string of the molecule is CN1c2cc(C(=O)NCc3cccs3)ccc2C(=O)N2CCCCC21. The van der Waals surface area contributed by atoms with Gasteiger partial charge in [-0.3, -0.25) is 9.59 Å².